The van der Waals surface area contributed by atoms with E-state index >= 15 is 0 Å². The van der Waals surface area contributed by atoms with Gasteiger partial charge in [0.15, 0.2) is 0 Å². The molecule has 0 N–H and O–H groups in total. The van der Waals surface area contributed by atoms with Crippen molar-refractivity contribution in [3.63, 3.8) is 0 Å². The molecule has 4 heteroatoms. The fourth-order valence-electron chi connectivity index (χ4n) is 1.75. The van der Waals surface area contributed by atoms with Crippen molar-refractivity contribution in [2.24, 2.45) is 0 Å². The lowest BCUT2D eigenvalue weighted by molar-refractivity contribution is 0.574. The van der Waals surface area contributed by atoms with Crippen molar-refractivity contribution in [2.45, 2.75) is 9.72 Å². The summed E-state index contributed by atoms with van der Waals surface area (Å²) < 4.78 is 26.6. The van der Waals surface area contributed by atoms with Gasteiger partial charge in [-0.15, -0.1) is 11.8 Å². The quantitative estimate of drug-likeness (QED) is 0.553. The van der Waals surface area contributed by atoms with Crippen LogP contribution in [0.3, 0.4) is 0 Å². The number of benzene rings is 2. The van der Waals surface area contributed by atoms with E-state index in [1.54, 1.807) is 11.8 Å². The zero-order valence-corrected chi connectivity index (χ0v) is 12.1. The van der Waals surface area contributed by atoms with Crippen LogP contribution in [0.25, 0.3) is 0 Å². The van der Waals surface area contributed by atoms with Crippen LogP contribution in [0.5, 0.6) is 0 Å². The molecule has 0 aliphatic rings. The Balaban J connectivity index is 2.44. The molecule has 94 valence electrons. The molecule has 2 rings (SSSR count). The van der Waals surface area contributed by atoms with Crippen molar-refractivity contribution in [2.75, 3.05) is 6.26 Å². The van der Waals surface area contributed by atoms with Crippen molar-refractivity contribution in [3.8, 4) is 0 Å². The fraction of sp³-hybridized carbons (Fsp3) is 0.143. The van der Waals surface area contributed by atoms with Crippen LogP contribution in [0.15, 0.2) is 47.4 Å². The Bertz CT molecular complexity index is 557. The van der Waals surface area contributed by atoms with Crippen LogP contribution in [-0.4, -0.2) is 6.26 Å². The van der Waals surface area contributed by atoms with Gasteiger partial charge in [-0.05, 0) is 24.0 Å². The first kappa shape index (κ1) is 13.6. The molecule has 0 aliphatic heterocycles. The van der Waals surface area contributed by atoms with Gasteiger partial charge in [-0.2, -0.15) is 0 Å². The van der Waals surface area contributed by atoms with E-state index in [0.717, 1.165) is 16.5 Å². The molecule has 0 spiro atoms. The lowest BCUT2D eigenvalue weighted by Crippen LogP contribution is -1.98. The van der Waals surface area contributed by atoms with Crippen molar-refractivity contribution in [1.82, 2.24) is 0 Å². The summed E-state index contributed by atoms with van der Waals surface area (Å²) in [6.45, 7) is 0. The molecule has 0 saturated carbocycles. The van der Waals surface area contributed by atoms with Crippen LogP contribution in [0.2, 0.25) is 0 Å². The van der Waals surface area contributed by atoms with Crippen molar-refractivity contribution >= 4 is 27.7 Å². The highest BCUT2D eigenvalue weighted by Crippen LogP contribution is 2.37. The highest BCUT2D eigenvalue weighted by Gasteiger charge is 2.17. The third-order valence-corrected chi connectivity index (χ3v) is 4.45. The summed E-state index contributed by atoms with van der Waals surface area (Å²) in [5.74, 6) is -1.10. The summed E-state index contributed by atoms with van der Waals surface area (Å²) in [6, 6.07) is 11.4. The normalized spacial score (nSPS) is 12.4. The Morgan fingerprint density at radius 2 is 1.78 bits per heavy atom. The van der Waals surface area contributed by atoms with Crippen LogP contribution < -0.4 is 0 Å². The van der Waals surface area contributed by atoms with E-state index in [1.807, 2.05) is 30.5 Å². The van der Waals surface area contributed by atoms with E-state index in [2.05, 4.69) is 15.9 Å². The van der Waals surface area contributed by atoms with Gasteiger partial charge in [-0.3, -0.25) is 0 Å². The molecule has 0 amide bonds. The Kier molecular flexibility index (Phi) is 4.40. The Hall–Kier alpha value is -0.870. The average Bonchev–Trinajstić information content (AvgIpc) is 2.38. The minimum absolute atomic E-state index is 0.276. The maximum Gasteiger partial charge on any atom is 0.130 e. The maximum atomic E-state index is 13.7. The molecule has 0 radical (unpaired) electrons. The van der Waals surface area contributed by atoms with Gasteiger partial charge in [0.2, 0.25) is 0 Å². The largest absolute Gasteiger partial charge is 0.207 e. The number of hydrogen-bond donors (Lipinski definition) is 0. The molecule has 0 aliphatic carbocycles. The minimum Gasteiger partial charge on any atom is -0.207 e. The summed E-state index contributed by atoms with van der Waals surface area (Å²) in [7, 11) is 0. The maximum absolute atomic E-state index is 13.7. The third kappa shape index (κ3) is 2.75. The van der Waals surface area contributed by atoms with Gasteiger partial charge in [0.1, 0.15) is 11.6 Å². The molecular weight excluding hydrogens is 318 g/mol. The minimum atomic E-state index is -0.561. The van der Waals surface area contributed by atoms with Gasteiger partial charge in [-0.25, -0.2) is 8.78 Å². The van der Waals surface area contributed by atoms with Crippen molar-refractivity contribution in [3.05, 3.63) is 65.2 Å². The molecule has 0 bridgehead atoms. The van der Waals surface area contributed by atoms with Crippen molar-refractivity contribution in [1.29, 1.82) is 0 Å². The van der Waals surface area contributed by atoms with E-state index < -0.39 is 11.6 Å². The predicted octanol–water partition coefficient (Wildman–Crippen LogP) is 5.17. The standard InChI is InChI=1S/C14H11BrF2S/c1-18-13-5-3-2-4-11(13)14(15)10-7-6-9(16)8-12(10)17/h2-8,14H,1H3. The van der Waals surface area contributed by atoms with Crippen LogP contribution in [0.4, 0.5) is 8.78 Å². The van der Waals surface area contributed by atoms with Gasteiger partial charge in [0.05, 0.1) is 4.83 Å². The van der Waals surface area contributed by atoms with Crippen LogP contribution >= 0.6 is 27.7 Å². The first-order valence-electron chi connectivity index (χ1n) is 5.35. The highest BCUT2D eigenvalue weighted by atomic mass is 79.9. The number of halogens is 3. The molecule has 0 aromatic heterocycles. The number of hydrogen-bond acceptors (Lipinski definition) is 1. The topological polar surface area (TPSA) is 0 Å². The SMILES string of the molecule is CSc1ccccc1C(Br)c1ccc(F)cc1F. The third-order valence-electron chi connectivity index (χ3n) is 2.65. The summed E-state index contributed by atoms with van der Waals surface area (Å²) >= 11 is 5.09. The Morgan fingerprint density at radius 3 is 2.44 bits per heavy atom. The van der Waals surface area contributed by atoms with Gasteiger partial charge < -0.3 is 0 Å². The zero-order chi connectivity index (χ0) is 13.1. The van der Waals surface area contributed by atoms with Crippen LogP contribution in [0.1, 0.15) is 16.0 Å². The molecule has 1 unspecified atom stereocenters. The highest BCUT2D eigenvalue weighted by molar-refractivity contribution is 9.09. The molecule has 0 heterocycles. The van der Waals surface area contributed by atoms with Gasteiger partial charge >= 0.3 is 0 Å². The van der Waals surface area contributed by atoms with Gasteiger partial charge in [0.25, 0.3) is 0 Å². The lowest BCUT2D eigenvalue weighted by Gasteiger charge is -2.15. The molecule has 2 aromatic rings. The van der Waals surface area contributed by atoms with Crippen molar-refractivity contribution < 1.29 is 8.78 Å². The molecule has 0 nitrogen and oxygen atoms in total. The molecule has 0 fully saturated rings. The second-order valence-corrected chi connectivity index (χ2v) is 5.53. The molecular formula is C14H11BrF2S. The molecule has 2 aromatic carbocycles. The second kappa shape index (κ2) is 5.85. The smallest absolute Gasteiger partial charge is 0.130 e. The van der Waals surface area contributed by atoms with Gasteiger partial charge in [0, 0.05) is 16.5 Å². The first-order chi connectivity index (χ1) is 8.63. The Morgan fingerprint density at radius 1 is 1.06 bits per heavy atom. The number of thioether (sulfide) groups is 1. The van der Waals surface area contributed by atoms with E-state index in [4.69, 9.17) is 0 Å². The van der Waals surface area contributed by atoms with Crippen LogP contribution in [0, 0.1) is 11.6 Å². The van der Waals surface area contributed by atoms with E-state index in [0.29, 0.717) is 5.56 Å². The van der Waals surface area contributed by atoms with E-state index in [1.165, 1.54) is 12.1 Å². The first-order valence-corrected chi connectivity index (χ1v) is 7.49. The zero-order valence-electron chi connectivity index (χ0n) is 9.66. The molecule has 0 saturated heterocycles. The predicted molar refractivity (Wildman–Crippen MR) is 75.4 cm³/mol. The van der Waals surface area contributed by atoms with E-state index in [9.17, 15) is 8.78 Å². The summed E-state index contributed by atoms with van der Waals surface area (Å²) in [5.41, 5.74) is 1.42. The Labute approximate surface area is 118 Å². The monoisotopic (exact) mass is 328 g/mol. The second-order valence-electron chi connectivity index (χ2n) is 3.77. The summed E-state index contributed by atoms with van der Waals surface area (Å²) in [5, 5.41) is 0. The van der Waals surface area contributed by atoms with Crippen LogP contribution in [-0.2, 0) is 0 Å². The fourth-order valence-corrected chi connectivity index (χ4v) is 3.31. The molecule has 1 atom stereocenters. The summed E-state index contributed by atoms with van der Waals surface area (Å²) in [4.78, 5) is 0.796. The van der Waals surface area contributed by atoms with Gasteiger partial charge in [-0.1, -0.05) is 40.2 Å². The molecule has 18 heavy (non-hydrogen) atoms. The average molecular weight is 329 g/mol. The lowest BCUT2D eigenvalue weighted by atomic mass is 10.0. The summed E-state index contributed by atoms with van der Waals surface area (Å²) in [6.07, 6.45) is 1.97. The number of alkyl halides is 1. The number of rotatable bonds is 3. The van der Waals surface area contributed by atoms with E-state index in [-0.39, 0.29) is 4.83 Å².